The van der Waals surface area contributed by atoms with Gasteiger partial charge < -0.3 is 20.0 Å². The van der Waals surface area contributed by atoms with E-state index in [4.69, 9.17) is 0 Å². The smallest absolute Gasteiger partial charge is 0.274 e. The number of hydrogen-bond donors (Lipinski definition) is 1. The predicted octanol–water partition coefficient (Wildman–Crippen LogP) is 1.27. The van der Waals surface area contributed by atoms with Crippen molar-refractivity contribution >= 4 is 17.7 Å². The number of nitrogens with one attached hydrogen (secondary N) is 1. The molecular weight excluding hydrogens is 420 g/mol. The van der Waals surface area contributed by atoms with Crippen molar-refractivity contribution in [2.45, 2.75) is 53.5 Å². The zero-order valence-corrected chi connectivity index (χ0v) is 20.9. The lowest BCUT2D eigenvalue weighted by atomic mass is 9.95. The zero-order valence-electron chi connectivity index (χ0n) is 20.9. The molecule has 1 aromatic heterocycles. The van der Waals surface area contributed by atoms with E-state index >= 15 is 0 Å². The molecule has 0 aromatic carbocycles. The van der Waals surface area contributed by atoms with Gasteiger partial charge >= 0.3 is 0 Å². The SMILES string of the molecule is CCN(CC)CCNC(=O)C1CCN(C(=O)c2nn(C)c3c2CN(C(=O)C(C)C)CC3)CC1. The Labute approximate surface area is 197 Å². The molecule has 0 atom stereocenters. The highest BCUT2D eigenvalue weighted by Crippen LogP contribution is 2.26. The fourth-order valence-corrected chi connectivity index (χ4v) is 4.83. The van der Waals surface area contributed by atoms with E-state index < -0.39 is 0 Å². The molecule has 3 rings (SSSR count). The summed E-state index contributed by atoms with van der Waals surface area (Å²) in [5, 5.41) is 7.60. The number of rotatable bonds is 8. The Hall–Kier alpha value is -2.42. The van der Waals surface area contributed by atoms with Crippen molar-refractivity contribution in [2.75, 3.05) is 45.8 Å². The van der Waals surface area contributed by atoms with Crippen LogP contribution in [0.25, 0.3) is 0 Å². The average Bonchev–Trinajstić information content (AvgIpc) is 3.16. The number of nitrogens with zero attached hydrogens (tertiary/aromatic N) is 5. The lowest BCUT2D eigenvalue weighted by molar-refractivity contribution is -0.135. The number of amides is 3. The van der Waals surface area contributed by atoms with Crippen LogP contribution in [0.4, 0.5) is 0 Å². The van der Waals surface area contributed by atoms with Crippen LogP contribution >= 0.6 is 0 Å². The Kier molecular flexibility index (Phi) is 8.51. The molecule has 9 nitrogen and oxygen atoms in total. The monoisotopic (exact) mass is 460 g/mol. The number of likely N-dealkylation sites (N-methyl/N-ethyl adjacent to an activating group) is 1. The minimum Gasteiger partial charge on any atom is -0.355 e. The molecule has 1 saturated heterocycles. The molecule has 3 heterocycles. The number of carbonyl (C=O) groups excluding carboxylic acids is 3. The summed E-state index contributed by atoms with van der Waals surface area (Å²) >= 11 is 0. The molecule has 0 bridgehead atoms. The Morgan fingerprint density at radius 3 is 2.36 bits per heavy atom. The number of carbonyl (C=O) groups is 3. The van der Waals surface area contributed by atoms with Gasteiger partial charge in [0, 0.05) is 75.8 Å². The van der Waals surface area contributed by atoms with Gasteiger partial charge in [0.15, 0.2) is 5.69 Å². The fourth-order valence-electron chi connectivity index (χ4n) is 4.83. The topological polar surface area (TPSA) is 90.8 Å². The van der Waals surface area contributed by atoms with Gasteiger partial charge in [0.1, 0.15) is 0 Å². The third-order valence-electron chi connectivity index (χ3n) is 7.03. The van der Waals surface area contributed by atoms with Crippen LogP contribution in [0, 0.1) is 11.8 Å². The van der Waals surface area contributed by atoms with Crippen LogP contribution in [-0.4, -0.2) is 88.0 Å². The van der Waals surface area contributed by atoms with E-state index in [9.17, 15) is 14.4 Å². The van der Waals surface area contributed by atoms with Gasteiger partial charge in [0.2, 0.25) is 11.8 Å². The summed E-state index contributed by atoms with van der Waals surface area (Å²) in [5.74, 6) is -0.0174. The van der Waals surface area contributed by atoms with Gasteiger partial charge in [0.25, 0.3) is 5.91 Å². The van der Waals surface area contributed by atoms with E-state index in [0.717, 1.165) is 30.9 Å². The standard InChI is InChI=1S/C24H40N6O3/c1-6-28(7-2)15-11-25-22(31)18-8-12-29(13-9-18)24(33)21-19-16-30(23(32)17(3)4)14-10-20(19)27(5)26-21/h17-18H,6-16H2,1-5H3,(H,25,31). The summed E-state index contributed by atoms with van der Waals surface area (Å²) in [6, 6.07) is 0. The van der Waals surface area contributed by atoms with Crippen molar-refractivity contribution in [3.05, 3.63) is 17.0 Å². The van der Waals surface area contributed by atoms with Crippen LogP contribution in [0.15, 0.2) is 0 Å². The second kappa shape index (κ2) is 11.1. The van der Waals surface area contributed by atoms with Crippen LogP contribution in [0.5, 0.6) is 0 Å². The number of fused-ring (bicyclic) bond motifs is 1. The van der Waals surface area contributed by atoms with Crippen LogP contribution in [0.3, 0.4) is 0 Å². The number of aryl methyl sites for hydroxylation is 1. The Balaban J connectivity index is 1.57. The van der Waals surface area contributed by atoms with E-state index in [-0.39, 0.29) is 29.6 Å². The fraction of sp³-hybridized carbons (Fsp3) is 0.750. The summed E-state index contributed by atoms with van der Waals surface area (Å²) in [7, 11) is 1.87. The van der Waals surface area contributed by atoms with Crippen molar-refractivity contribution in [3.63, 3.8) is 0 Å². The molecule has 33 heavy (non-hydrogen) atoms. The van der Waals surface area contributed by atoms with E-state index in [0.29, 0.717) is 57.7 Å². The van der Waals surface area contributed by atoms with Gasteiger partial charge in [-0.3, -0.25) is 19.1 Å². The molecule has 0 radical (unpaired) electrons. The summed E-state index contributed by atoms with van der Waals surface area (Å²) < 4.78 is 1.79. The highest BCUT2D eigenvalue weighted by molar-refractivity contribution is 5.94. The van der Waals surface area contributed by atoms with Crippen molar-refractivity contribution in [1.29, 1.82) is 0 Å². The first kappa shape index (κ1) is 25.2. The number of hydrogen-bond acceptors (Lipinski definition) is 5. The van der Waals surface area contributed by atoms with Gasteiger partial charge in [-0.2, -0.15) is 5.10 Å². The van der Waals surface area contributed by atoms with Gasteiger partial charge in [-0.15, -0.1) is 0 Å². The lowest BCUT2D eigenvalue weighted by Crippen LogP contribution is -2.45. The maximum atomic E-state index is 13.3. The maximum Gasteiger partial charge on any atom is 0.274 e. The molecule has 1 N–H and O–H groups in total. The quantitative estimate of drug-likeness (QED) is 0.631. The largest absolute Gasteiger partial charge is 0.355 e. The molecule has 0 aliphatic carbocycles. The van der Waals surface area contributed by atoms with E-state index in [1.54, 1.807) is 4.68 Å². The minimum absolute atomic E-state index is 0.0532. The lowest BCUT2D eigenvalue weighted by Gasteiger charge is -2.32. The van der Waals surface area contributed by atoms with Crippen molar-refractivity contribution in [2.24, 2.45) is 18.9 Å². The Morgan fingerprint density at radius 2 is 1.76 bits per heavy atom. The maximum absolute atomic E-state index is 13.3. The minimum atomic E-state index is -0.0916. The summed E-state index contributed by atoms with van der Waals surface area (Å²) in [6.45, 7) is 13.7. The molecule has 3 amide bonds. The molecule has 0 unspecified atom stereocenters. The first-order chi connectivity index (χ1) is 15.8. The van der Waals surface area contributed by atoms with Crippen molar-refractivity contribution in [1.82, 2.24) is 29.8 Å². The molecule has 0 saturated carbocycles. The first-order valence-corrected chi connectivity index (χ1v) is 12.4. The highest BCUT2D eigenvalue weighted by atomic mass is 16.2. The van der Waals surface area contributed by atoms with Gasteiger partial charge in [-0.05, 0) is 25.9 Å². The molecule has 1 aromatic rings. The summed E-state index contributed by atoms with van der Waals surface area (Å²) in [4.78, 5) is 44.3. The van der Waals surface area contributed by atoms with Crippen LogP contribution in [-0.2, 0) is 29.6 Å². The van der Waals surface area contributed by atoms with E-state index in [1.165, 1.54) is 0 Å². The third kappa shape index (κ3) is 5.75. The van der Waals surface area contributed by atoms with Crippen LogP contribution in [0.1, 0.15) is 62.3 Å². The second-order valence-corrected chi connectivity index (χ2v) is 9.45. The summed E-state index contributed by atoms with van der Waals surface area (Å²) in [5.41, 5.74) is 2.36. The van der Waals surface area contributed by atoms with Crippen LogP contribution in [0.2, 0.25) is 0 Å². The number of aromatic nitrogens is 2. The average molecular weight is 461 g/mol. The normalized spacial score (nSPS) is 16.9. The Bertz CT molecular complexity index is 853. The third-order valence-corrected chi connectivity index (χ3v) is 7.03. The molecule has 2 aliphatic heterocycles. The molecule has 1 fully saturated rings. The first-order valence-electron chi connectivity index (χ1n) is 12.4. The van der Waals surface area contributed by atoms with Gasteiger partial charge in [0.05, 0.1) is 0 Å². The predicted molar refractivity (Wildman–Crippen MR) is 127 cm³/mol. The van der Waals surface area contributed by atoms with Crippen molar-refractivity contribution < 1.29 is 14.4 Å². The molecule has 184 valence electrons. The molecular formula is C24H40N6O3. The number of likely N-dealkylation sites (tertiary alicyclic amines) is 1. The summed E-state index contributed by atoms with van der Waals surface area (Å²) in [6.07, 6.45) is 2.03. The molecule has 9 heteroatoms. The molecule has 2 aliphatic rings. The van der Waals surface area contributed by atoms with E-state index in [1.807, 2.05) is 30.7 Å². The second-order valence-electron chi connectivity index (χ2n) is 9.45. The van der Waals surface area contributed by atoms with Gasteiger partial charge in [-0.1, -0.05) is 27.7 Å². The Morgan fingerprint density at radius 1 is 1.09 bits per heavy atom. The molecule has 0 spiro atoms. The highest BCUT2D eigenvalue weighted by Gasteiger charge is 2.34. The van der Waals surface area contributed by atoms with Crippen molar-refractivity contribution in [3.8, 4) is 0 Å². The number of piperidine rings is 1. The van der Waals surface area contributed by atoms with E-state index in [2.05, 4.69) is 29.2 Å². The van der Waals surface area contributed by atoms with Gasteiger partial charge in [-0.25, -0.2) is 0 Å². The zero-order chi connectivity index (χ0) is 24.1. The van der Waals surface area contributed by atoms with Crippen LogP contribution < -0.4 is 5.32 Å².